The first-order valence-corrected chi connectivity index (χ1v) is 4.20. The number of alkyl halides is 1. The Labute approximate surface area is 80.3 Å². The highest BCUT2D eigenvalue weighted by Crippen LogP contribution is 2.27. The Bertz CT molecular complexity index is 278. The molecule has 0 radical (unpaired) electrons. The number of hydrogen-bond acceptors (Lipinski definition) is 1. The van der Waals surface area contributed by atoms with Crippen molar-refractivity contribution in [2.24, 2.45) is 5.73 Å². The third-order valence-corrected chi connectivity index (χ3v) is 2.08. The highest BCUT2D eigenvalue weighted by Gasteiger charge is 2.11. The number of nitrogens with two attached hydrogens (primary N) is 1. The van der Waals surface area contributed by atoms with Gasteiger partial charge in [-0.2, -0.15) is 0 Å². The van der Waals surface area contributed by atoms with Crippen molar-refractivity contribution in [1.82, 2.24) is 0 Å². The summed E-state index contributed by atoms with van der Waals surface area (Å²) < 4.78 is 13.0. The molecule has 4 heteroatoms. The third kappa shape index (κ3) is 2.09. The highest BCUT2D eigenvalue weighted by atomic mass is 35.5. The molecule has 12 heavy (non-hydrogen) atoms. The van der Waals surface area contributed by atoms with E-state index in [1.807, 2.05) is 0 Å². The molecule has 1 atom stereocenters. The summed E-state index contributed by atoms with van der Waals surface area (Å²) in [6.07, 6.45) is -1.24. The smallest absolute Gasteiger partial charge is 0.139 e. The summed E-state index contributed by atoms with van der Waals surface area (Å²) in [4.78, 5) is 0. The Morgan fingerprint density at radius 1 is 1.42 bits per heavy atom. The van der Waals surface area contributed by atoms with Gasteiger partial charge in [0.05, 0.1) is 0 Å². The molecular weight excluding hydrogens is 200 g/mol. The highest BCUT2D eigenvalue weighted by molar-refractivity contribution is 6.33. The molecule has 0 aliphatic rings. The second kappa shape index (κ2) is 4.08. The first-order chi connectivity index (χ1) is 5.65. The summed E-state index contributed by atoms with van der Waals surface area (Å²) in [5.41, 5.74) is 5.50. The zero-order chi connectivity index (χ0) is 9.14. The number of benzene rings is 1. The average molecular weight is 208 g/mol. The van der Waals surface area contributed by atoms with Crippen LogP contribution in [0.3, 0.4) is 0 Å². The first kappa shape index (κ1) is 9.78. The molecule has 1 unspecified atom stereocenters. The Hall–Kier alpha value is -0.310. The summed E-state index contributed by atoms with van der Waals surface area (Å²) in [5.74, 6) is 0. The Kier molecular flexibility index (Phi) is 3.32. The molecule has 0 saturated carbocycles. The molecule has 1 nitrogen and oxygen atoms in total. The van der Waals surface area contributed by atoms with Crippen molar-refractivity contribution in [3.8, 4) is 0 Å². The van der Waals surface area contributed by atoms with Crippen LogP contribution in [0.4, 0.5) is 4.39 Å². The van der Waals surface area contributed by atoms with E-state index in [0.717, 1.165) is 0 Å². The lowest BCUT2D eigenvalue weighted by molar-refractivity contribution is 0.353. The van der Waals surface area contributed by atoms with Crippen LogP contribution in [-0.4, -0.2) is 6.54 Å². The van der Waals surface area contributed by atoms with Gasteiger partial charge < -0.3 is 5.73 Å². The summed E-state index contributed by atoms with van der Waals surface area (Å²) in [6.45, 7) is -0.0833. The molecule has 0 aromatic heterocycles. The van der Waals surface area contributed by atoms with Crippen LogP contribution in [0.5, 0.6) is 0 Å². The van der Waals surface area contributed by atoms with Gasteiger partial charge in [0.15, 0.2) is 0 Å². The van der Waals surface area contributed by atoms with Gasteiger partial charge in [-0.3, -0.25) is 0 Å². The van der Waals surface area contributed by atoms with Gasteiger partial charge in [-0.25, -0.2) is 4.39 Å². The fraction of sp³-hybridized carbons (Fsp3) is 0.250. The predicted octanol–water partition coefficient (Wildman–Crippen LogP) is 2.96. The maximum absolute atomic E-state index is 13.0. The van der Waals surface area contributed by atoms with Crippen LogP contribution in [0, 0.1) is 0 Å². The van der Waals surface area contributed by atoms with E-state index in [1.54, 1.807) is 12.1 Å². The molecule has 0 aliphatic heterocycles. The molecule has 1 rings (SSSR count). The van der Waals surface area contributed by atoms with Crippen LogP contribution < -0.4 is 5.73 Å². The molecular formula is C8H8Cl2FN. The minimum absolute atomic E-state index is 0.0833. The van der Waals surface area contributed by atoms with Crippen molar-refractivity contribution in [1.29, 1.82) is 0 Å². The topological polar surface area (TPSA) is 26.0 Å². The van der Waals surface area contributed by atoms with Crippen LogP contribution >= 0.6 is 23.2 Å². The number of halogens is 3. The van der Waals surface area contributed by atoms with Gasteiger partial charge in [-0.15, -0.1) is 0 Å². The summed E-state index contributed by atoms with van der Waals surface area (Å²) in [7, 11) is 0. The van der Waals surface area contributed by atoms with E-state index >= 15 is 0 Å². The minimum Gasteiger partial charge on any atom is -0.327 e. The van der Waals surface area contributed by atoms with Crippen molar-refractivity contribution in [3.05, 3.63) is 33.8 Å². The van der Waals surface area contributed by atoms with Gasteiger partial charge >= 0.3 is 0 Å². The lowest BCUT2D eigenvalue weighted by Gasteiger charge is -2.07. The first-order valence-electron chi connectivity index (χ1n) is 3.44. The third-order valence-electron chi connectivity index (χ3n) is 1.50. The summed E-state index contributed by atoms with van der Waals surface area (Å²) >= 11 is 11.4. The quantitative estimate of drug-likeness (QED) is 0.794. The molecule has 0 amide bonds. The van der Waals surface area contributed by atoms with Crippen LogP contribution in [0.15, 0.2) is 18.2 Å². The molecule has 0 fully saturated rings. The average Bonchev–Trinajstić information content (AvgIpc) is 2.08. The van der Waals surface area contributed by atoms with Gasteiger partial charge in [0.2, 0.25) is 0 Å². The molecule has 0 spiro atoms. The van der Waals surface area contributed by atoms with Crippen molar-refractivity contribution >= 4 is 23.2 Å². The van der Waals surface area contributed by atoms with Crippen molar-refractivity contribution in [2.75, 3.05) is 6.54 Å². The molecule has 0 heterocycles. The molecule has 66 valence electrons. The van der Waals surface area contributed by atoms with E-state index < -0.39 is 6.17 Å². The SMILES string of the molecule is NCC(F)c1cc(Cl)ccc1Cl. The summed E-state index contributed by atoms with van der Waals surface area (Å²) in [5, 5.41) is 0.822. The molecule has 1 aromatic rings. The molecule has 2 N–H and O–H groups in total. The zero-order valence-electron chi connectivity index (χ0n) is 6.23. The maximum Gasteiger partial charge on any atom is 0.139 e. The van der Waals surface area contributed by atoms with Crippen LogP contribution in [-0.2, 0) is 0 Å². The normalized spacial score (nSPS) is 13.0. The second-order valence-corrected chi connectivity index (χ2v) is 3.21. The lowest BCUT2D eigenvalue weighted by atomic mass is 10.1. The number of hydrogen-bond donors (Lipinski definition) is 1. The maximum atomic E-state index is 13.0. The molecule has 0 saturated heterocycles. The van der Waals surface area contributed by atoms with Crippen molar-refractivity contribution < 1.29 is 4.39 Å². The van der Waals surface area contributed by atoms with E-state index in [-0.39, 0.29) is 6.54 Å². The molecule has 0 aliphatic carbocycles. The van der Waals surface area contributed by atoms with Crippen LogP contribution in [0.2, 0.25) is 10.0 Å². The fourth-order valence-corrected chi connectivity index (χ4v) is 1.30. The largest absolute Gasteiger partial charge is 0.327 e. The van der Waals surface area contributed by atoms with Gasteiger partial charge in [-0.1, -0.05) is 23.2 Å². The Morgan fingerprint density at radius 2 is 2.08 bits per heavy atom. The second-order valence-electron chi connectivity index (χ2n) is 2.37. The molecule has 0 bridgehead atoms. The predicted molar refractivity (Wildman–Crippen MR) is 49.4 cm³/mol. The Balaban J connectivity index is 3.04. The van der Waals surface area contributed by atoms with Gasteiger partial charge in [-0.05, 0) is 18.2 Å². The Morgan fingerprint density at radius 3 is 2.67 bits per heavy atom. The lowest BCUT2D eigenvalue weighted by Crippen LogP contribution is -2.07. The van der Waals surface area contributed by atoms with Crippen LogP contribution in [0.25, 0.3) is 0 Å². The van der Waals surface area contributed by atoms with Crippen LogP contribution in [0.1, 0.15) is 11.7 Å². The van der Waals surface area contributed by atoms with E-state index in [4.69, 9.17) is 28.9 Å². The number of rotatable bonds is 2. The zero-order valence-corrected chi connectivity index (χ0v) is 7.74. The van der Waals surface area contributed by atoms with Gasteiger partial charge in [0.25, 0.3) is 0 Å². The van der Waals surface area contributed by atoms with Crippen molar-refractivity contribution in [2.45, 2.75) is 6.17 Å². The molecule has 1 aromatic carbocycles. The van der Waals surface area contributed by atoms with E-state index in [9.17, 15) is 4.39 Å². The van der Waals surface area contributed by atoms with Gasteiger partial charge in [0.1, 0.15) is 6.17 Å². The summed E-state index contributed by atoms with van der Waals surface area (Å²) in [6, 6.07) is 4.65. The minimum atomic E-state index is -1.24. The van der Waals surface area contributed by atoms with Gasteiger partial charge in [0, 0.05) is 22.2 Å². The monoisotopic (exact) mass is 207 g/mol. The van der Waals surface area contributed by atoms with Crippen molar-refractivity contribution in [3.63, 3.8) is 0 Å². The fourth-order valence-electron chi connectivity index (χ4n) is 0.882. The van der Waals surface area contributed by atoms with E-state index in [0.29, 0.717) is 15.6 Å². The van der Waals surface area contributed by atoms with E-state index in [1.165, 1.54) is 6.07 Å². The standard InChI is InChI=1S/C8H8Cl2FN/c9-5-1-2-7(10)6(3-5)8(11)4-12/h1-3,8H,4,12H2. The van der Waals surface area contributed by atoms with E-state index in [2.05, 4.69) is 0 Å².